The number of rotatable bonds is 6. The van der Waals surface area contributed by atoms with Crippen LogP contribution in [0, 0.1) is 11.3 Å². The maximum atomic E-state index is 12.7. The fourth-order valence-electron chi connectivity index (χ4n) is 3.51. The van der Waals surface area contributed by atoms with E-state index in [0.717, 1.165) is 18.7 Å². The van der Waals surface area contributed by atoms with Crippen LogP contribution in [-0.2, 0) is 6.54 Å². The molecule has 0 aliphatic carbocycles. The minimum absolute atomic E-state index is 0.00200. The van der Waals surface area contributed by atoms with Crippen molar-refractivity contribution >= 4 is 5.91 Å². The van der Waals surface area contributed by atoms with Gasteiger partial charge in [0.05, 0.1) is 33.0 Å². The van der Waals surface area contributed by atoms with Gasteiger partial charge in [-0.15, -0.1) is 0 Å². The van der Waals surface area contributed by atoms with E-state index in [-0.39, 0.29) is 5.91 Å². The van der Waals surface area contributed by atoms with Gasteiger partial charge in [0.1, 0.15) is 0 Å². The van der Waals surface area contributed by atoms with Crippen molar-refractivity contribution in [2.45, 2.75) is 6.54 Å². The summed E-state index contributed by atoms with van der Waals surface area (Å²) in [6.07, 6.45) is 0. The van der Waals surface area contributed by atoms with Crippen LogP contribution in [0.4, 0.5) is 0 Å². The third-order valence-corrected chi connectivity index (χ3v) is 5.10. The first-order valence-corrected chi connectivity index (χ1v) is 9.41. The van der Waals surface area contributed by atoms with Crippen LogP contribution in [0.3, 0.4) is 0 Å². The van der Waals surface area contributed by atoms with E-state index in [0.29, 0.717) is 48.0 Å². The molecule has 0 bridgehead atoms. The number of nitrogens with zero attached hydrogens (tertiary/aromatic N) is 3. The molecule has 1 aliphatic rings. The topological polar surface area (TPSA) is 75.0 Å². The fourth-order valence-corrected chi connectivity index (χ4v) is 3.51. The van der Waals surface area contributed by atoms with Crippen LogP contribution in [0.5, 0.6) is 17.2 Å². The van der Waals surface area contributed by atoms with Crippen molar-refractivity contribution in [2.75, 3.05) is 47.5 Å². The number of hydrogen-bond donors (Lipinski definition) is 0. The van der Waals surface area contributed by atoms with Crippen LogP contribution in [0.25, 0.3) is 0 Å². The van der Waals surface area contributed by atoms with Crippen molar-refractivity contribution < 1.29 is 19.0 Å². The molecule has 1 aliphatic heterocycles. The maximum absolute atomic E-state index is 12.7. The van der Waals surface area contributed by atoms with E-state index in [1.807, 2.05) is 17.0 Å². The molecule has 3 rings (SSSR count). The van der Waals surface area contributed by atoms with E-state index in [4.69, 9.17) is 19.5 Å². The molecule has 2 aromatic rings. The Bertz CT molecular complexity index is 898. The number of methoxy groups -OCH3 is 3. The van der Waals surface area contributed by atoms with E-state index in [1.165, 1.54) is 0 Å². The first-order chi connectivity index (χ1) is 14.1. The third-order valence-electron chi connectivity index (χ3n) is 5.10. The Balaban J connectivity index is 1.64. The van der Waals surface area contributed by atoms with Gasteiger partial charge >= 0.3 is 0 Å². The zero-order valence-electron chi connectivity index (χ0n) is 17.0. The second-order valence-electron chi connectivity index (χ2n) is 6.75. The Kier molecular flexibility index (Phi) is 6.57. The summed E-state index contributed by atoms with van der Waals surface area (Å²) in [5, 5.41) is 8.89. The lowest BCUT2D eigenvalue weighted by Gasteiger charge is -2.35. The minimum atomic E-state index is -0.00200. The molecule has 1 saturated heterocycles. The van der Waals surface area contributed by atoms with E-state index < -0.39 is 0 Å². The van der Waals surface area contributed by atoms with Crippen LogP contribution in [0.2, 0.25) is 0 Å². The van der Waals surface area contributed by atoms with Gasteiger partial charge in [0.15, 0.2) is 11.5 Å². The van der Waals surface area contributed by atoms with Gasteiger partial charge in [-0.3, -0.25) is 9.69 Å². The van der Waals surface area contributed by atoms with Crippen molar-refractivity contribution in [3.63, 3.8) is 0 Å². The van der Waals surface area contributed by atoms with Crippen LogP contribution >= 0.6 is 0 Å². The highest BCUT2D eigenvalue weighted by Gasteiger charge is 2.24. The van der Waals surface area contributed by atoms with E-state index in [2.05, 4.69) is 11.0 Å². The number of amides is 1. The van der Waals surface area contributed by atoms with E-state index >= 15 is 0 Å². The molecular formula is C22H25N3O4. The number of benzene rings is 2. The highest BCUT2D eigenvalue weighted by Crippen LogP contribution is 2.40. The molecule has 0 saturated carbocycles. The maximum Gasteiger partial charge on any atom is 0.253 e. The van der Waals surface area contributed by atoms with Crippen molar-refractivity contribution in [1.82, 2.24) is 9.80 Å². The van der Waals surface area contributed by atoms with Crippen LogP contribution in [0.1, 0.15) is 21.5 Å². The second kappa shape index (κ2) is 9.30. The Morgan fingerprint density at radius 1 is 0.931 bits per heavy atom. The van der Waals surface area contributed by atoms with Crippen LogP contribution in [0.15, 0.2) is 36.4 Å². The number of hydrogen-bond acceptors (Lipinski definition) is 6. The van der Waals surface area contributed by atoms with E-state index in [9.17, 15) is 4.79 Å². The number of ether oxygens (including phenoxy) is 3. The summed E-state index contributed by atoms with van der Waals surface area (Å²) in [4.78, 5) is 16.8. The largest absolute Gasteiger partial charge is 0.493 e. The van der Waals surface area contributed by atoms with Crippen LogP contribution in [-0.4, -0.2) is 63.2 Å². The lowest BCUT2D eigenvalue weighted by atomic mass is 10.1. The SMILES string of the molecule is COc1ccc(CN2CCN(C(=O)c3ccc(C#N)cc3)CC2)c(OC)c1OC. The minimum Gasteiger partial charge on any atom is -0.493 e. The second-order valence-corrected chi connectivity index (χ2v) is 6.75. The van der Waals surface area contributed by atoms with E-state index in [1.54, 1.807) is 45.6 Å². The van der Waals surface area contributed by atoms with Crippen molar-refractivity contribution in [1.29, 1.82) is 5.26 Å². The summed E-state index contributed by atoms with van der Waals surface area (Å²) in [6.45, 7) is 3.52. The molecule has 0 N–H and O–H groups in total. The molecule has 0 spiro atoms. The van der Waals surface area contributed by atoms with Gasteiger partial charge in [0.25, 0.3) is 5.91 Å². The summed E-state index contributed by atoms with van der Waals surface area (Å²) in [7, 11) is 4.81. The Morgan fingerprint density at radius 2 is 1.59 bits per heavy atom. The van der Waals surface area contributed by atoms with Gasteiger partial charge in [-0.2, -0.15) is 5.26 Å². The lowest BCUT2D eigenvalue weighted by Crippen LogP contribution is -2.48. The smallest absolute Gasteiger partial charge is 0.253 e. The third kappa shape index (κ3) is 4.44. The van der Waals surface area contributed by atoms with Gasteiger partial charge in [0, 0.05) is 43.9 Å². The van der Waals surface area contributed by atoms with Crippen LogP contribution < -0.4 is 14.2 Å². The van der Waals surface area contributed by atoms with Gasteiger partial charge in [0.2, 0.25) is 5.75 Å². The van der Waals surface area contributed by atoms with Crippen molar-refractivity contribution in [3.8, 4) is 23.3 Å². The molecule has 7 heteroatoms. The Hall–Kier alpha value is -3.24. The molecule has 0 atom stereocenters. The Labute approximate surface area is 171 Å². The molecule has 0 aromatic heterocycles. The highest BCUT2D eigenvalue weighted by molar-refractivity contribution is 5.94. The van der Waals surface area contributed by atoms with Gasteiger partial charge in [-0.25, -0.2) is 0 Å². The zero-order chi connectivity index (χ0) is 20.8. The van der Waals surface area contributed by atoms with Gasteiger partial charge < -0.3 is 19.1 Å². The number of nitriles is 1. The van der Waals surface area contributed by atoms with Gasteiger partial charge in [-0.05, 0) is 30.3 Å². The number of carbonyl (C=O) groups is 1. The molecular weight excluding hydrogens is 370 g/mol. The van der Waals surface area contributed by atoms with Crippen molar-refractivity contribution in [3.05, 3.63) is 53.1 Å². The molecule has 0 radical (unpaired) electrons. The monoisotopic (exact) mass is 395 g/mol. The molecule has 7 nitrogen and oxygen atoms in total. The first-order valence-electron chi connectivity index (χ1n) is 9.41. The number of piperazine rings is 1. The summed E-state index contributed by atoms with van der Waals surface area (Å²) in [5.74, 6) is 1.88. The average molecular weight is 395 g/mol. The standard InChI is InChI=1S/C22H25N3O4/c1-27-19-9-8-18(20(28-2)21(19)29-3)15-24-10-12-25(13-11-24)22(26)17-6-4-16(14-23)5-7-17/h4-9H,10-13,15H2,1-3H3. The average Bonchev–Trinajstić information content (AvgIpc) is 2.78. The first kappa shape index (κ1) is 20.5. The molecule has 2 aromatic carbocycles. The quantitative estimate of drug-likeness (QED) is 0.748. The molecule has 152 valence electrons. The number of carbonyl (C=O) groups excluding carboxylic acids is 1. The molecule has 29 heavy (non-hydrogen) atoms. The Morgan fingerprint density at radius 3 is 2.14 bits per heavy atom. The zero-order valence-corrected chi connectivity index (χ0v) is 17.0. The molecule has 0 unspecified atom stereocenters. The molecule has 1 fully saturated rings. The molecule has 1 heterocycles. The summed E-state index contributed by atoms with van der Waals surface area (Å²) >= 11 is 0. The molecule has 1 amide bonds. The summed E-state index contributed by atoms with van der Waals surface area (Å²) in [6, 6.07) is 12.7. The fraction of sp³-hybridized carbons (Fsp3) is 0.364. The highest BCUT2D eigenvalue weighted by atomic mass is 16.5. The normalized spacial score (nSPS) is 14.2. The van der Waals surface area contributed by atoms with Crippen molar-refractivity contribution in [2.24, 2.45) is 0 Å². The summed E-state index contributed by atoms with van der Waals surface area (Å²) in [5.41, 5.74) is 2.17. The lowest BCUT2D eigenvalue weighted by molar-refractivity contribution is 0.0627. The van der Waals surface area contributed by atoms with Gasteiger partial charge in [-0.1, -0.05) is 6.07 Å². The summed E-state index contributed by atoms with van der Waals surface area (Å²) < 4.78 is 16.4. The predicted octanol–water partition coefficient (Wildman–Crippen LogP) is 2.54. The predicted molar refractivity (Wildman–Crippen MR) is 108 cm³/mol.